The molecule has 0 fully saturated rings. The van der Waals surface area contributed by atoms with Gasteiger partial charge in [-0.3, -0.25) is 4.79 Å². The normalized spacial score (nSPS) is 10.8. The van der Waals surface area contributed by atoms with E-state index < -0.39 is 0 Å². The number of ketones is 1. The van der Waals surface area contributed by atoms with Crippen molar-refractivity contribution in [2.24, 2.45) is 0 Å². The van der Waals surface area contributed by atoms with Crippen LogP contribution in [0, 0.1) is 12.7 Å². The molecule has 0 spiro atoms. The van der Waals surface area contributed by atoms with Gasteiger partial charge in [0.1, 0.15) is 11.6 Å². The third kappa shape index (κ3) is 4.11. The van der Waals surface area contributed by atoms with Crippen LogP contribution < -0.4 is 0 Å². The summed E-state index contributed by atoms with van der Waals surface area (Å²) < 4.78 is 12.8. The van der Waals surface area contributed by atoms with E-state index >= 15 is 0 Å². The predicted molar refractivity (Wildman–Crippen MR) is 63.0 cm³/mol. The Morgan fingerprint density at radius 3 is 2.62 bits per heavy atom. The Balaban J connectivity index is 2.56. The summed E-state index contributed by atoms with van der Waals surface area (Å²) in [6.45, 7) is 2.59. The van der Waals surface area contributed by atoms with Gasteiger partial charge in [0.05, 0.1) is 0 Å². The molecule has 1 aromatic rings. The van der Waals surface area contributed by atoms with E-state index in [-0.39, 0.29) is 11.6 Å². The zero-order valence-electron chi connectivity index (χ0n) is 10.1. The Bertz CT molecular complexity index is 374. The van der Waals surface area contributed by atoms with Gasteiger partial charge in [0.25, 0.3) is 0 Å². The van der Waals surface area contributed by atoms with Crippen LogP contribution in [0.4, 0.5) is 4.39 Å². The molecule has 2 nitrogen and oxygen atoms in total. The van der Waals surface area contributed by atoms with E-state index in [1.807, 2.05) is 25.9 Å². The summed E-state index contributed by atoms with van der Waals surface area (Å²) >= 11 is 0. The average Bonchev–Trinajstić information content (AvgIpc) is 2.19. The molecule has 0 saturated carbocycles. The van der Waals surface area contributed by atoms with E-state index in [2.05, 4.69) is 0 Å². The van der Waals surface area contributed by atoms with Gasteiger partial charge in [-0.2, -0.15) is 0 Å². The number of hydrogen-bond donors (Lipinski definition) is 0. The van der Waals surface area contributed by atoms with E-state index in [0.717, 1.165) is 17.7 Å². The molecular formula is C13H18FNO. The third-order valence-electron chi connectivity index (χ3n) is 2.53. The van der Waals surface area contributed by atoms with Crippen LogP contribution in [0.3, 0.4) is 0 Å². The van der Waals surface area contributed by atoms with Gasteiger partial charge in [0.15, 0.2) is 0 Å². The summed E-state index contributed by atoms with van der Waals surface area (Å²) in [6, 6.07) is 4.56. The predicted octanol–water partition coefficient (Wildman–Crippen LogP) is 2.20. The molecule has 88 valence electrons. The molecule has 0 amide bonds. The van der Waals surface area contributed by atoms with Gasteiger partial charge in [0.2, 0.25) is 0 Å². The van der Waals surface area contributed by atoms with Crippen molar-refractivity contribution in [1.29, 1.82) is 0 Å². The number of nitrogens with zero attached hydrogens (tertiary/aromatic N) is 1. The first-order valence-electron chi connectivity index (χ1n) is 5.40. The van der Waals surface area contributed by atoms with Gasteiger partial charge in [-0.1, -0.05) is 6.07 Å². The lowest BCUT2D eigenvalue weighted by Gasteiger charge is -2.09. The lowest BCUT2D eigenvalue weighted by atomic mass is 10.0. The number of carbonyl (C=O) groups excluding carboxylic acids is 1. The van der Waals surface area contributed by atoms with E-state index in [9.17, 15) is 9.18 Å². The minimum absolute atomic E-state index is 0.198. The van der Waals surface area contributed by atoms with Crippen LogP contribution >= 0.6 is 0 Å². The lowest BCUT2D eigenvalue weighted by Crippen LogP contribution is -2.17. The molecule has 0 bridgehead atoms. The maximum Gasteiger partial charge on any atom is 0.138 e. The number of aryl methyl sites for hydroxylation is 1. The maximum atomic E-state index is 12.8. The highest BCUT2D eigenvalue weighted by Gasteiger charge is 2.07. The summed E-state index contributed by atoms with van der Waals surface area (Å²) in [5.41, 5.74) is 1.77. The Morgan fingerprint density at radius 2 is 2.06 bits per heavy atom. The first-order valence-corrected chi connectivity index (χ1v) is 5.40. The van der Waals surface area contributed by atoms with Crippen molar-refractivity contribution in [2.75, 3.05) is 20.6 Å². The molecule has 0 aromatic heterocycles. The summed E-state index contributed by atoms with van der Waals surface area (Å²) in [5, 5.41) is 0. The van der Waals surface area contributed by atoms with Crippen molar-refractivity contribution in [3.63, 3.8) is 0 Å². The van der Waals surface area contributed by atoms with Crippen LogP contribution in [0.2, 0.25) is 0 Å². The van der Waals surface area contributed by atoms with Crippen molar-refractivity contribution >= 4 is 5.78 Å². The molecule has 0 aliphatic rings. The zero-order chi connectivity index (χ0) is 12.1. The van der Waals surface area contributed by atoms with Gasteiger partial charge in [-0.15, -0.1) is 0 Å². The van der Waals surface area contributed by atoms with Crippen LogP contribution in [0.25, 0.3) is 0 Å². The van der Waals surface area contributed by atoms with E-state index in [0.29, 0.717) is 12.8 Å². The molecule has 0 aliphatic carbocycles. The number of rotatable bonds is 5. The summed E-state index contributed by atoms with van der Waals surface area (Å²) in [6.07, 6.45) is 0.948. The van der Waals surface area contributed by atoms with Crippen molar-refractivity contribution in [3.8, 4) is 0 Å². The molecule has 0 unspecified atom stereocenters. The second-order valence-electron chi connectivity index (χ2n) is 4.34. The molecule has 0 heterocycles. The number of hydrogen-bond acceptors (Lipinski definition) is 2. The highest BCUT2D eigenvalue weighted by Crippen LogP contribution is 2.11. The number of benzene rings is 1. The lowest BCUT2D eigenvalue weighted by molar-refractivity contribution is -0.118. The molecule has 1 aromatic carbocycles. The monoisotopic (exact) mass is 223 g/mol. The highest BCUT2D eigenvalue weighted by molar-refractivity contribution is 5.81. The Labute approximate surface area is 96.1 Å². The quantitative estimate of drug-likeness (QED) is 0.762. The van der Waals surface area contributed by atoms with Crippen LogP contribution in [0.5, 0.6) is 0 Å². The SMILES string of the molecule is Cc1cc(F)ccc1CC(=O)CCN(C)C. The minimum atomic E-state index is -0.248. The molecule has 1 rings (SSSR count). The second kappa shape index (κ2) is 5.75. The van der Waals surface area contributed by atoms with Gasteiger partial charge in [-0.25, -0.2) is 4.39 Å². The summed E-state index contributed by atoms with van der Waals surface area (Å²) in [7, 11) is 3.88. The molecular weight excluding hydrogens is 205 g/mol. The summed E-state index contributed by atoms with van der Waals surface area (Å²) in [5.74, 6) is -0.0506. The fourth-order valence-corrected chi connectivity index (χ4v) is 1.51. The Morgan fingerprint density at radius 1 is 1.38 bits per heavy atom. The first-order chi connectivity index (χ1) is 7.49. The third-order valence-corrected chi connectivity index (χ3v) is 2.53. The molecule has 0 radical (unpaired) electrons. The maximum absolute atomic E-state index is 12.8. The van der Waals surface area contributed by atoms with Crippen LogP contribution in [-0.2, 0) is 11.2 Å². The zero-order valence-corrected chi connectivity index (χ0v) is 10.1. The summed E-state index contributed by atoms with van der Waals surface area (Å²) in [4.78, 5) is 13.6. The Hall–Kier alpha value is -1.22. The van der Waals surface area contributed by atoms with Crippen molar-refractivity contribution < 1.29 is 9.18 Å². The van der Waals surface area contributed by atoms with Gasteiger partial charge < -0.3 is 4.90 Å². The van der Waals surface area contributed by atoms with Crippen LogP contribution in [-0.4, -0.2) is 31.3 Å². The fraction of sp³-hybridized carbons (Fsp3) is 0.462. The average molecular weight is 223 g/mol. The minimum Gasteiger partial charge on any atom is -0.309 e. The number of carbonyl (C=O) groups is 1. The Kier molecular flexibility index (Phi) is 4.62. The topological polar surface area (TPSA) is 20.3 Å². The van der Waals surface area contributed by atoms with E-state index in [1.54, 1.807) is 6.07 Å². The molecule has 16 heavy (non-hydrogen) atoms. The van der Waals surface area contributed by atoms with E-state index in [1.165, 1.54) is 12.1 Å². The standard InChI is InChI=1S/C13H18FNO/c1-10-8-12(14)5-4-11(10)9-13(16)6-7-15(2)3/h4-5,8H,6-7,9H2,1-3H3. The smallest absolute Gasteiger partial charge is 0.138 e. The van der Waals surface area contributed by atoms with Crippen molar-refractivity contribution in [1.82, 2.24) is 4.90 Å². The largest absolute Gasteiger partial charge is 0.309 e. The molecule has 0 saturated heterocycles. The van der Waals surface area contributed by atoms with Gasteiger partial charge >= 0.3 is 0 Å². The molecule has 3 heteroatoms. The van der Waals surface area contributed by atoms with Crippen LogP contribution in [0.15, 0.2) is 18.2 Å². The fourth-order valence-electron chi connectivity index (χ4n) is 1.51. The van der Waals surface area contributed by atoms with Crippen molar-refractivity contribution in [3.05, 3.63) is 35.1 Å². The number of Topliss-reactive ketones (excluding diaryl/α,β-unsaturated/α-hetero) is 1. The van der Waals surface area contributed by atoms with Crippen molar-refractivity contribution in [2.45, 2.75) is 19.8 Å². The molecule has 0 N–H and O–H groups in total. The first kappa shape index (κ1) is 12.8. The molecule has 0 atom stereocenters. The second-order valence-corrected chi connectivity index (χ2v) is 4.34. The van der Waals surface area contributed by atoms with E-state index in [4.69, 9.17) is 0 Å². The van der Waals surface area contributed by atoms with Gasteiger partial charge in [0, 0.05) is 19.4 Å². The number of halogens is 1. The van der Waals surface area contributed by atoms with Gasteiger partial charge in [-0.05, 0) is 44.3 Å². The molecule has 0 aliphatic heterocycles. The van der Waals surface area contributed by atoms with Crippen LogP contribution in [0.1, 0.15) is 17.5 Å². The highest BCUT2D eigenvalue weighted by atomic mass is 19.1.